The van der Waals surface area contributed by atoms with Crippen molar-refractivity contribution in [2.75, 3.05) is 5.32 Å². The number of primary sulfonamides is 1. The van der Waals surface area contributed by atoms with Crippen LogP contribution in [0.5, 0.6) is 0 Å². The summed E-state index contributed by atoms with van der Waals surface area (Å²) in [6.07, 6.45) is 3.25. The topological polar surface area (TPSA) is 102 Å². The Balaban J connectivity index is 2.04. The molecule has 1 aromatic carbocycles. The predicted molar refractivity (Wildman–Crippen MR) is 83.1 cm³/mol. The summed E-state index contributed by atoms with van der Waals surface area (Å²) in [5, 5.41) is 7.13. The number of furan rings is 1. The maximum absolute atomic E-state index is 12.0. The first-order valence-corrected chi connectivity index (χ1v) is 8.47. The molecule has 0 aliphatic rings. The first-order valence-electron chi connectivity index (χ1n) is 6.93. The molecule has 7 heteroatoms. The van der Waals surface area contributed by atoms with Crippen LogP contribution in [-0.4, -0.2) is 14.3 Å². The van der Waals surface area contributed by atoms with E-state index in [0.29, 0.717) is 5.69 Å². The zero-order valence-electron chi connectivity index (χ0n) is 12.2. The highest BCUT2D eigenvalue weighted by Crippen LogP contribution is 2.16. The van der Waals surface area contributed by atoms with Crippen molar-refractivity contribution in [3.8, 4) is 0 Å². The van der Waals surface area contributed by atoms with Gasteiger partial charge in [-0.2, -0.15) is 0 Å². The third-order valence-corrected chi connectivity index (χ3v) is 3.90. The van der Waals surface area contributed by atoms with Crippen LogP contribution in [-0.2, 0) is 16.4 Å². The standard InChI is InChI=1S/C15H18N2O4S/c1-2-3-4-11-5-7-12(8-6-11)17-15(18)13-9-10-14(21-13)22(16,19)20/h5-10H,2-4H2,1H3,(H,17,18)(H2,16,19,20). The van der Waals surface area contributed by atoms with E-state index in [1.807, 2.05) is 12.1 Å². The van der Waals surface area contributed by atoms with Gasteiger partial charge in [0.1, 0.15) is 0 Å². The van der Waals surface area contributed by atoms with E-state index in [2.05, 4.69) is 12.2 Å². The van der Waals surface area contributed by atoms with Crippen LogP contribution in [0.15, 0.2) is 45.9 Å². The molecular weight excluding hydrogens is 304 g/mol. The van der Waals surface area contributed by atoms with Crippen LogP contribution in [0.4, 0.5) is 5.69 Å². The molecule has 0 radical (unpaired) electrons. The fraction of sp³-hybridized carbons (Fsp3) is 0.267. The molecule has 1 amide bonds. The number of anilines is 1. The lowest BCUT2D eigenvalue weighted by molar-refractivity contribution is 0.0991. The molecule has 0 unspecified atom stereocenters. The summed E-state index contributed by atoms with van der Waals surface area (Å²) in [5.74, 6) is -0.643. The lowest BCUT2D eigenvalue weighted by Crippen LogP contribution is -2.12. The number of unbranched alkanes of at least 4 members (excludes halogenated alkanes) is 1. The number of hydrogen-bond acceptors (Lipinski definition) is 4. The number of aryl methyl sites for hydroxylation is 1. The SMILES string of the molecule is CCCCc1ccc(NC(=O)c2ccc(S(N)(=O)=O)o2)cc1. The molecule has 0 aliphatic carbocycles. The molecule has 0 atom stereocenters. The van der Waals surface area contributed by atoms with Gasteiger partial charge in [0.2, 0.25) is 5.09 Å². The molecule has 1 aromatic heterocycles. The maximum atomic E-state index is 12.0. The van der Waals surface area contributed by atoms with E-state index in [0.717, 1.165) is 25.3 Å². The van der Waals surface area contributed by atoms with Crippen molar-refractivity contribution in [1.82, 2.24) is 0 Å². The van der Waals surface area contributed by atoms with E-state index < -0.39 is 21.0 Å². The molecule has 0 saturated carbocycles. The number of rotatable bonds is 6. The molecule has 0 spiro atoms. The van der Waals surface area contributed by atoms with E-state index >= 15 is 0 Å². The highest BCUT2D eigenvalue weighted by molar-refractivity contribution is 7.89. The smallest absolute Gasteiger partial charge is 0.291 e. The largest absolute Gasteiger partial charge is 0.438 e. The van der Waals surface area contributed by atoms with Crippen LogP contribution in [0, 0.1) is 0 Å². The fourth-order valence-corrected chi connectivity index (χ4v) is 2.39. The van der Waals surface area contributed by atoms with E-state index in [1.165, 1.54) is 11.6 Å². The van der Waals surface area contributed by atoms with Crippen molar-refractivity contribution < 1.29 is 17.6 Å². The molecule has 22 heavy (non-hydrogen) atoms. The third kappa shape index (κ3) is 4.19. The van der Waals surface area contributed by atoms with Gasteiger partial charge in [0.05, 0.1) is 0 Å². The number of benzene rings is 1. The third-order valence-electron chi connectivity index (χ3n) is 3.12. The zero-order valence-corrected chi connectivity index (χ0v) is 13.0. The van der Waals surface area contributed by atoms with Gasteiger partial charge in [-0.25, -0.2) is 13.6 Å². The Morgan fingerprint density at radius 1 is 1.18 bits per heavy atom. The second-order valence-corrected chi connectivity index (χ2v) is 6.41. The molecule has 0 saturated heterocycles. The minimum atomic E-state index is -3.95. The van der Waals surface area contributed by atoms with Gasteiger partial charge in [-0.05, 0) is 42.7 Å². The summed E-state index contributed by atoms with van der Waals surface area (Å²) in [6, 6.07) is 9.91. The van der Waals surface area contributed by atoms with Gasteiger partial charge in [0.15, 0.2) is 5.76 Å². The summed E-state index contributed by atoms with van der Waals surface area (Å²) in [7, 11) is -3.95. The number of nitrogens with two attached hydrogens (primary N) is 1. The molecule has 118 valence electrons. The van der Waals surface area contributed by atoms with E-state index in [9.17, 15) is 13.2 Å². The van der Waals surface area contributed by atoms with E-state index in [4.69, 9.17) is 9.56 Å². The Morgan fingerprint density at radius 3 is 2.41 bits per heavy atom. The Bertz CT molecular complexity index is 748. The molecule has 1 heterocycles. The van der Waals surface area contributed by atoms with Crippen molar-refractivity contribution in [2.24, 2.45) is 5.14 Å². The van der Waals surface area contributed by atoms with Crippen LogP contribution in [0.25, 0.3) is 0 Å². The van der Waals surface area contributed by atoms with Crippen molar-refractivity contribution >= 4 is 21.6 Å². The Kier molecular flexibility index (Phi) is 4.99. The number of nitrogens with one attached hydrogen (secondary N) is 1. The van der Waals surface area contributed by atoms with Crippen molar-refractivity contribution in [2.45, 2.75) is 31.3 Å². The zero-order chi connectivity index (χ0) is 16.2. The van der Waals surface area contributed by atoms with Crippen molar-refractivity contribution in [3.05, 3.63) is 47.7 Å². The molecule has 2 aromatic rings. The van der Waals surface area contributed by atoms with Crippen LogP contribution in [0.1, 0.15) is 35.9 Å². The summed E-state index contributed by atoms with van der Waals surface area (Å²) in [4.78, 5) is 12.0. The van der Waals surface area contributed by atoms with Gasteiger partial charge in [0.25, 0.3) is 15.9 Å². The fourth-order valence-electron chi connectivity index (χ4n) is 1.92. The minimum Gasteiger partial charge on any atom is -0.438 e. The highest BCUT2D eigenvalue weighted by Gasteiger charge is 2.17. The lowest BCUT2D eigenvalue weighted by Gasteiger charge is -2.05. The van der Waals surface area contributed by atoms with Gasteiger partial charge in [-0.1, -0.05) is 25.5 Å². The quantitative estimate of drug-likeness (QED) is 0.853. The number of carbonyl (C=O) groups is 1. The average Bonchev–Trinajstić information content (AvgIpc) is 2.96. The average molecular weight is 322 g/mol. The van der Waals surface area contributed by atoms with E-state index in [-0.39, 0.29) is 5.76 Å². The second-order valence-electron chi connectivity index (χ2n) is 4.92. The monoisotopic (exact) mass is 322 g/mol. The number of hydrogen-bond donors (Lipinski definition) is 2. The lowest BCUT2D eigenvalue weighted by atomic mass is 10.1. The highest BCUT2D eigenvalue weighted by atomic mass is 32.2. The van der Waals surface area contributed by atoms with Crippen molar-refractivity contribution in [3.63, 3.8) is 0 Å². The van der Waals surface area contributed by atoms with Crippen molar-refractivity contribution in [1.29, 1.82) is 0 Å². The van der Waals surface area contributed by atoms with Gasteiger partial charge >= 0.3 is 0 Å². The molecule has 0 aliphatic heterocycles. The van der Waals surface area contributed by atoms with E-state index in [1.54, 1.807) is 12.1 Å². The molecule has 0 fully saturated rings. The van der Waals surface area contributed by atoms with Gasteiger partial charge in [-0.3, -0.25) is 4.79 Å². The molecule has 2 rings (SSSR count). The Morgan fingerprint density at radius 2 is 1.86 bits per heavy atom. The molecule has 6 nitrogen and oxygen atoms in total. The molecule has 3 N–H and O–H groups in total. The summed E-state index contributed by atoms with van der Waals surface area (Å²) < 4.78 is 27.1. The van der Waals surface area contributed by atoms with Gasteiger partial charge < -0.3 is 9.73 Å². The van der Waals surface area contributed by atoms with Crippen LogP contribution in [0.2, 0.25) is 0 Å². The first kappa shape index (κ1) is 16.3. The minimum absolute atomic E-state index is 0.112. The first-order chi connectivity index (χ1) is 10.4. The number of sulfonamides is 1. The normalized spacial score (nSPS) is 11.4. The Labute approximate surface area is 129 Å². The Hall–Kier alpha value is -2.12. The van der Waals surface area contributed by atoms with Gasteiger partial charge in [-0.15, -0.1) is 0 Å². The molecular formula is C15H18N2O4S. The second kappa shape index (κ2) is 6.76. The summed E-state index contributed by atoms with van der Waals surface area (Å²) in [5.41, 5.74) is 1.81. The summed E-state index contributed by atoms with van der Waals surface area (Å²) >= 11 is 0. The molecule has 0 bridgehead atoms. The van der Waals surface area contributed by atoms with Crippen LogP contribution >= 0.6 is 0 Å². The predicted octanol–water partition coefficient (Wildman–Crippen LogP) is 2.52. The number of carbonyl (C=O) groups excluding carboxylic acids is 1. The van der Waals surface area contributed by atoms with Crippen LogP contribution in [0.3, 0.4) is 0 Å². The van der Waals surface area contributed by atoms with Gasteiger partial charge in [0, 0.05) is 5.69 Å². The number of amides is 1. The summed E-state index contributed by atoms with van der Waals surface area (Å²) in [6.45, 7) is 2.13. The van der Waals surface area contributed by atoms with Crippen LogP contribution < -0.4 is 10.5 Å². The maximum Gasteiger partial charge on any atom is 0.291 e.